The molecule has 1 heterocycles. The van der Waals surface area contributed by atoms with Gasteiger partial charge in [0.1, 0.15) is 5.82 Å². The third-order valence-corrected chi connectivity index (χ3v) is 6.54. The molecular formula is C17H14FN3O3S2. The fraction of sp³-hybridized carbons (Fsp3) is 0.118. The second-order valence-electron chi connectivity index (χ2n) is 5.49. The second-order valence-corrected chi connectivity index (χ2v) is 8.63. The van der Waals surface area contributed by atoms with Crippen LogP contribution in [-0.2, 0) is 15.6 Å². The van der Waals surface area contributed by atoms with Gasteiger partial charge < -0.3 is 0 Å². The molecule has 3 aromatic rings. The van der Waals surface area contributed by atoms with Crippen LogP contribution in [0.3, 0.4) is 0 Å². The lowest BCUT2D eigenvalue weighted by atomic mass is 10.1. The predicted octanol–water partition coefficient (Wildman–Crippen LogP) is 3.21. The molecule has 6 nitrogen and oxygen atoms in total. The molecule has 3 rings (SSSR count). The first-order chi connectivity index (χ1) is 12.4. The number of halogens is 1. The van der Waals surface area contributed by atoms with Gasteiger partial charge in [-0.25, -0.2) is 12.8 Å². The molecule has 0 atom stereocenters. The zero-order valence-corrected chi connectivity index (χ0v) is 15.3. The summed E-state index contributed by atoms with van der Waals surface area (Å²) in [6, 6.07) is 12.6. The third-order valence-electron chi connectivity index (χ3n) is 3.59. The van der Waals surface area contributed by atoms with Gasteiger partial charge in [0.25, 0.3) is 5.91 Å². The van der Waals surface area contributed by atoms with Crippen molar-refractivity contribution in [3.63, 3.8) is 0 Å². The van der Waals surface area contributed by atoms with Gasteiger partial charge in [-0.3, -0.25) is 10.1 Å². The first kappa shape index (κ1) is 18.2. The topological polar surface area (TPSA) is 89.0 Å². The number of carbonyl (C=O) groups is 1. The Balaban J connectivity index is 1.78. The summed E-state index contributed by atoms with van der Waals surface area (Å²) >= 11 is 0.729. The molecule has 26 heavy (non-hydrogen) atoms. The number of carbonyl (C=O) groups excluding carboxylic acids is 1. The van der Waals surface area contributed by atoms with Gasteiger partial charge in [0.2, 0.25) is 19.3 Å². The highest BCUT2D eigenvalue weighted by Gasteiger charge is 2.23. The molecule has 0 radical (unpaired) electrons. The summed E-state index contributed by atoms with van der Waals surface area (Å²) < 4.78 is 38.2. The van der Waals surface area contributed by atoms with Crippen molar-refractivity contribution in [1.82, 2.24) is 10.2 Å². The van der Waals surface area contributed by atoms with Crippen molar-refractivity contribution in [2.75, 3.05) is 5.32 Å². The van der Waals surface area contributed by atoms with E-state index in [1.54, 1.807) is 31.2 Å². The summed E-state index contributed by atoms with van der Waals surface area (Å²) in [6.07, 6.45) is 0. The highest BCUT2D eigenvalue weighted by molar-refractivity contribution is 7.92. The van der Waals surface area contributed by atoms with Gasteiger partial charge in [0.05, 0.1) is 5.75 Å². The van der Waals surface area contributed by atoms with Crippen LogP contribution in [0.5, 0.6) is 0 Å². The summed E-state index contributed by atoms with van der Waals surface area (Å²) in [5.74, 6) is -1.54. The van der Waals surface area contributed by atoms with Crippen molar-refractivity contribution in [2.45, 2.75) is 17.0 Å². The summed E-state index contributed by atoms with van der Waals surface area (Å²) in [4.78, 5) is 12.3. The Kier molecular flexibility index (Phi) is 5.10. The van der Waals surface area contributed by atoms with E-state index in [1.165, 1.54) is 18.2 Å². The minimum atomic E-state index is -3.87. The van der Waals surface area contributed by atoms with Crippen LogP contribution in [-0.4, -0.2) is 24.5 Å². The number of aromatic nitrogens is 2. The lowest BCUT2D eigenvalue weighted by Gasteiger charge is -2.04. The highest BCUT2D eigenvalue weighted by Crippen LogP contribution is 2.24. The quantitative estimate of drug-likeness (QED) is 0.675. The summed E-state index contributed by atoms with van der Waals surface area (Å²) in [6.45, 7) is 1.79. The number of nitrogens with one attached hydrogen (secondary N) is 1. The number of aryl methyl sites for hydroxylation is 1. The van der Waals surface area contributed by atoms with Gasteiger partial charge in [-0.05, 0) is 24.6 Å². The van der Waals surface area contributed by atoms with Crippen LogP contribution in [0.25, 0.3) is 0 Å². The van der Waals surface area contributed by atoms with Crippen molar-refractivity contribution in [1.29, 1.82) is 0 Å². The van der Waals surface area contributed by atoms with Gasteiger partial charge in [-0.15, -0.1) is 10.2 Å². The Labute approximate surface area is 153 Å². The van der Waals surface area contributed by atoms with E-state index >= 15 is 0 Å². The standard InChI is InChI=1S/C17H14FN3O3S2/c1-11-6-2-4-8-13(11)15(22)19-16-20-21-17(25-16)26(23,24)10-12-7-3-5-9-14(12)18/h2-9H,10H2,1H3,(H,19,20,22). The third kappa shape index (κ3) is 3.94. The fourth-order valence-electron chi connectivity index (χ4n) is 2.26. The number of hydrogen-bond donors (Lipinski definition) is 1. The van der Waals surface area contributed by atoms with Crippen molar-refractivity contribution in [3.8, 4) is 0 Å². The van der Waals surface area contributed by atoms with E-state index in [9.17, 15) is 17.6 Å². The molecule has 0 saturated heterocycles. The Hall–Kier alpha value is -2.65. The number of sulfone groups is 1. The summed E-state index contributed by atoms with van der Waals surface area (Å²) in [5.41, 5.74) is 1.29. The zero-order chi connectivity index (χ0) is 18.7. The number of nitrogens with zero attached hydrogens (tertiary/aromatic N) is 2. The number of benzene rings is 2. The lowest BCUT2D eigenvalue weighted by Crippen LogP contribution is -2.12. The summed E-state index contributed by atoms with van der Waals surface area (Å²) in [5, 5.41) is 9.93. The zero-order valence-electron chi connectivity index (χ0n) is 13.6. The minimum absolute atomic E-state index is 0.0493. The lowest BCUT2D eigenvalue weighted by molar-refractivity contribution is 0.102. The van der Waals surface area contributed by atoms with Crippen molar-refractivity contribution in [2.24, 2.45) is 0 Å². The van der Waals surface area contributed by atoms with Crippen LogP contribution in [0, 0.1) is 12.7 Å². The molecule has 1 aromatic heterocycles. The smallest absolute Gasteiger partial charge is 0.257 e. The van der Waals surface area contributed by atoms with Gasteiger partial charge in [0.15, 0.2) is 0 Å². The maximum absolute atomic E-state index is 13.7. The first-order valence-corrected chi connectivity index (χ1v) is 10.0. The molecule has 0 aliphatic heterocycles. The number of hydrogen-bond acceptors (Lipinski definition) is 6. The van der Waals surface area contributed by atoms with Crippen molar-refractivity contribution >= 4 is 32.2 Å². The Bertz CT molecular complexity index is 1060. The van der Waals surface area contributed by atoms with Crippen LogP contribution >= 0.6 is 11.3 Å². The molecule has 134 valence electrons. The normalized spacial score (nSPS) is 11.3. The predicted molar refractivity (Wildman–Crippen MR) is 96.3 cm³/mol. The van der Waals surface area contributed by atoms with Crippen LogP contribution < -0.4 is 5.32 Å². The largest absolute Gasteiger partial charge is 0.296 e. The fourth-order valence-corrected chi connectivity index (χ4v) is 4.59. The molecular weight excluding hydrogens is 377 g/mol. The first-order valence-electron chi connectivity index (χ1n) is 7.53. The molecule has 9 heteroatoms. The van der Waals surface area contributed by atoms with Gasteiger partial charge in [-0.2, -0.15) is 0 Å². The second kappa shape index (κ2) is 7.30. The van der Waals surface area contributed by atoms with Crippen LogP contribution in [0.1, 0.15) is 21.5 Å². The number of rotatable bonds is 5. The number of anilines is 1. The van der Waals surface area contributed by atoms with Crippen LogP contribution in [0.15, 0.2) is 52.9 Å². The molecule has 0 aliphatic carbocycles. The summed E-state index contributed by atoms with van der Waals surface area (Å²) in [7, 11) is -3.87. The van der Waals surface area contributed by atoms with E-state index in [4.69, 9.17) is 0 Å². The Morgan fingerprint density at radius 1 is 1.12 bits per heavy atom. The molecule has 0 unspecified atom stereocenters. The van der Waals surface area contributed by atoms with Gasteiger partial charge >= 0.3 is 0 Å². The molecule has 0 saturated carbocycles. The average molecular weight is 391 g/mol. The molecule has 1 amide bonds. The van der Waals surface area contributed by atoms with Crippen LogP contribution in [0.4, 0.5) is 9.52 Å². The minimum Gasteiger partial charge on any atom is -0.296 e. The molecule has 0 spiro atoms. The van der Waals surface area contributed by atoms with Crippen LogP contribution in [0.2, 0.25) is 0 Å². The van der Waals surface area contributed by atoms with E-state index in [-0.39, 0.29) is 15.0 Å². The molecule has 2 aromatic carbocycles. The van der Waals surface area contributed by atoms with E-state index < -0.39 is 27.3 Å². The molecule has 0 fully saturated rings. The average Bonchev–Trinajstić information content (AvgIpc) is 3.06. The Morgan fingerprint density at radius 2 is 1.81 bits per heavy atom. The van der Waals surface area contributed by atoms with E-state index in [0.29, 0.717) is 5.56 Å². The number of amides is 1. The SMILES string of the molecule is Cc1ccccc1C(=O)Nc1nnc(S(=O)(=O)Cc2ccccc2F)s1. The van der Waals surface area contributed by atoms with Gasteiger partial charge in [0, 0.05) is 11.1 Å². The van der Waals surface area contributed by atoms with E-state index in [1.807, 2.05) is 6.07 Å². The monoisotopic (exact) mass is 391 g/mol. The molecule has 0 aliphatic rings. The van der Waals surface area contributed by atoms with Crippen molar-refractivity contribution in [3.05, 3.63) is 71.0 Å². The molecule has 1 N–H and O–H groups in total. The van der Waals surface area contributed by atoms with Crippen molar-refractivity contribution < 1.29 is 17.6 Å². The van der Waals surface area contributed by atoms with E-state index in [0.717, 1.165) is 16.9 Å². The Morgan fingerprint density at radius 3 is 2.54 bits per heavy atom. The molecule has 0 bridgehead atoms. The highest BCUT2D eigenvalue weighted by atomic mass is 32.2. The van der Waals surface area contributed by atoms with Gasteiger partial charge in [-0.1, -0.05) is 47.7 Å². The van der Waals surface area contributed by atoms with E-state index in [2.05, 4.69) is 15.5 Å². The maximum Gasteiger partial charge on any atom is 0.257 e. The maximum atomic E-state index is 13.7.